The third-order valence-electron chi connectivity index (χ3n) is 2.00. The van der Waals surface area contributed by atoms with E-state index in [1.165, 1.54) is 0 Å². The number of hydrogen-bond donors (Lipinski definition) is 2. The van der Waals surface area contributed by atoms with Crippen LogP contribution in [0.2, 0.25) is 0 Å². The van der Waals surface area contributed by atoms with Crippen molar-refractivity contribution in [3.8, 4) is 0 Å². The highest BCUT2D eigenvalue weighted by Crippen LogP contribution is 1.95. The Bertz CT molecular complexity index is 202. The second kappa shape index (κ2) is 10.4. The van der Waals surface area contributed by atoms with Crippen molar-refractivity contribution in [3.63, 3.8) is 0 Å². The molecular formula is C11H22F2N2O2. The summed E-state index contributed by atoms with van der Waals surface area (Å²) >= 11 is 0. The number of ether oxygens (including phenoxy) is 1. The monoisotopic (exact) mass is 252 g/mol. The molecule has 0 unspecified atom stereocenters. The molecule has 0 fully saturated rings. The molecule has 0 rings (SSSR count). The van der Waals surface area contributed by atoms with Gasteiger partial charge in [0.2, 0.25) is 5.91 Å². The van der Waals surface area contributed by atoms with Crippen molar-refractivity contribution in [2.75, 3.05) is 32.8 Å². The Hall–Kier alpha value is -0.750. The van der Waals surface area contributed by atoms with E-state index < -0.39 is 13.0 Å². The van der Waals surface area contributed by atoms with Crippen molar-refractivity contribution >= 4 is 5.91 Å². The van der Waals surface area contributed by atoms with E-state index in [1.54, 1.807) is 0 Å². The fourth-order valence-electron chi connectivity index (χ4n) is 1.08. The van der Waals surface area contributed by atoms with Gasteiger partial charge in [-0.15, -0.1) is 0 Å². The largest absolute Gasteiger partial charge is 0.374 e. The average Bonchev–Trinajstić information content (AvgIpc) is 2.22. The molecule has 4 nitrogen and oxygen atoms in total. The topological polar surface area (TPSA) is 50.4 Å². The van der Waals surface area contributed by atoms with Gasteiger partial charge in [0.1, 0.15) is 6.61 Å². The minimum atomic E-state index is -2.44. The average molecular weight is 252 g/mol. The SMILES string of the molecule is CC(C)CCNC(=O)CNCCOCC(F)F. The Morgan fingerprint density at radius 3 is 2.59 bits per heavy atom. The maximum Gasteiger partial charge on any atom is 0.261 e. The number of carbonyl (C=O) groups is 1. The van der Waals surface area contributed by atoms with Crippen LogP contribution in [0.15, 0.2) is 0 Å². The zero-order valence-electron chi connectivity index (χ0n) is 10.5. The van der Waals surface area contributed by atoms with Crippen LogP contribution in [0.4, 0.5) is 8.78 Å². The lowest BCUT2D eigenvalue weighted by molar-refractivity contribution is -0.120. The van der Waals surface area contributed by atoms with Crippen LogP contribution in [-0.4, -0.2) is 45.2 Å². The predicted molar refractivity (Wildman–Crippen MR) is 62.2 cm³/mol. The van der Waals surface area contributed by atoms with Gasteiger partial charge in [-0.2, -0.15) is 0 Å². The molecule has 0 bridgehead atoms. The van der Waals surface area contributed by atoms with E-state index in [4.69, 9.17) is 0 Å². The summed E-state index contributed by atoms with van der Waals surface area (Å²) in [4.78, 5) is 11.2. The molecule has 0 aliphatic carbocycles. The number of nitrogens with one attached hydrogen (secondary N) is 2. The van der Waals surface area contributed by atoms with E-state index >= 15 is 0 Å². The zero-order valence-corrected chi connectivity index (χ0v) is 10.5. The van der Waals surface area contributed by atoms with E-state index in [-0.39, 0.29) is 19.1 Å². The molecule has 0 aliphatic heterocycles. The molecule has 0 spiro atoms. The molecule has 0 aromatic heterocycles. The second-order valence-corrected chi connectivity index (χ2v) is 4.18. The molecule has 2 N–H and O–H groups in total. The van der Waals surface area contributed by atoms with Crippen LogP contribution in [0.25, 0.3) is 0 Å². The third kappa shape index (κ3) is 13.2. The molecular weight excluding hydrogens is 230 g/mol. The maximum absolute atomic E-state index is 11.7. The Kier molecular flexibility index (Phi) is 9.95. The quantitative estimate of drug-likeness (QED) is 0.571. The number of alkyl halides is 2. The number of rotatable bonds is 10. The van der Waals surface area contributed by atoms with Crippen LogP contribution < -0.4 is 10.6 Å². The summed E-state index contributed by atoms with van der Waals surface area (Å²) in [6.07, 6.45) is -1.49. The molecule has 0 saturated carbocycles. The lowest BCUT2D eigenvalue weighted by Gasteiger charge is -2.08. The van der Waals surface area contributed by atoms with E-state index in [0.29, 0.717) is 19.0 Å². The molecule has 0 atom stereocenters. The normalized spacial score (nSPS) is 11.2. The summed E-state index contributed by atoms with van der Waals surface area (Å²) in [6, 6.07) is 0. The minimum Gasteiger partial charge on any atom is -0.374 e. The van der Waals surface area contributed by atoms with Gasteiger partial charge in [-0.05, 0) is 12.3 Å². The second-order valence-electron chi connectivity index (χ2n) is 4.18. The van der Waals surface area contributed by atoms with Gasteiger partial charge in [0.25, 0.3) is 6.43 Å². The predicted octanol–water partition coefficient (Wildman–Crippen LogP) is 1.02. The van der Waals surface area contributed by atoms with Crippen LogP contribution in [0, 0.1) is 5.92 Å². The molecule has 17 heavy (non-hydrogen) atoms. The summed E-state index contributed by atoms with van der Waals surface area (Å²) in [5.74, 6) is 0.477. The van der Waals surface area contributed by atoms with Crippen LogP contribution in [-0.2, 0) is 9.53 Å². The lowest BCUT2D eigenvalue weighted by Crippen LogP contribution is -2.36. The molecule has 0 aromatic rings. The molecule has 0 heterocycles. The van der Waals surface area contributed by atoms with E-state index in [2.05, 4.69) is 29.2 Å². The molecule has 0 saturated heterocycles. The van der Waals surface area contributed by atoms with Crippen molar-refractivity contribution in [3.05, 3.63) is 0 Å². The van der Waals surface area contributed by atoms with Crippen molar-refractivity contribution in [2.24, 2.45) is 5.92 Å². The molecule has 1 amide bonds. The third-order valence-corrected chi connectivity index (χ3v) is 2.00. The summed E-state index contributed by atoms with van der Waals surface area (Å²) in [5.41, 5.74) is 0. The molecule has 0 aliphatic rings. The Morgan fingerprint density at radius 2 is 2.00 bits per heavy atom. The minimum absolute atomic E-state index is 0.0838. The molecule has 0 radical (unpaired) electrons. The van der Waals surface area contributed by atoms with Crippen molar-refractivity contribution in [2.45, 2.75) is 26.7 Å². The van der Waals surface area contributed by atoms with Gasteiger partial charge in [-0.25, -0.2) is 8.78 Å². The van der Waals surface area contributed by atoms with Gasteiger partial charge < -0.3 is 15.4 Å². The zero-order chi connectivity index (χ0) is 13.1. The first-order chi connectivity index (χ1) is 8.02. The van der Waals surface area contributed by atoms with Crippen LogP contribution in [0.1, 0.15) is 20.3 Å². The Balaban J connectivity index is 3.22. The lowest BCUT2D eigenvalue weighted by atomic mass is 10.1. The first-order valence-electron chi connectivity index (χ1n) is 5.85. The fourth-order valence-corrected chi connectivity index (χ4v) is 1.08. The Labute approximate surface area is 101 Å². The van der Waals surface area contributed by atoms with Gasteiger partial charge in [0.05, 0.1) is 13.2 Å². The number of halogens is 2. The van der Waals surface area contributed by atoms with Crippen LogP contribution in [0.5, 0.6) is 0 Å². The summed E-state index contributed by atoms with van der Waals surface area (Å²) < 4.78 is 28.0. The summed E-state index contributed by atoms with van der Waals surface area (Å²) in [5, 5.41) is 5.58. The number of amides is 1. The highest BCUT2D eigenvalue weighted by atomic mass is 19.3. The van der Waals surface area contributed by atoms with Crippen molar-refractivity contribution in [1.29, 1.82) is 0 Å². The summed E-state index contributed by atoms with van der Waals surface area (Å²) in [7, 11) is 0. The van der Waals surface area contributed by atoms with Crippen molar-refractivity contribution in [1.82, 2.24) is 10.6 Å². The van der Waals surface area contributed by atoms with Gasteiger partial charge >= 0.3 is 0 Å². The van der Waals surface area contributed by atoms with Gasteiger partial charge in [0, 0.05) is 13.1 Å². The van der Waals surface area contributed by atoms with Crippen LogP contribution >= 0.6 is 0 Å². The summed E-state index contributed by atoms with van der Waals surface area (Å²) in [6.45, 7) is 5.06. The van der Waals surface area contributed by atoms with Crippen LogP contribution in [0.3, 0.4) is 0 Å². The maximum atomic E-state index is 11.7. The standard InChI is InChI=1S/C11H22F2N2O2/c1-9(2)3-4-15-11(16)7-14-5-6-17-8-10(12)13/h9-10,14H,3-8H2,1-2H3,(H,15,16). The van der Waals surface area contributed by atoms with Gasteiger partial charge in [-0.1, -0.05) is 13.8 Å². The highest BCUT2D eigenvalue weighted by molar-refractivity contribution is 5.77. The Morgan fingerprint density at radius 1 is 1.29 bits per heavy atom. The number of carbonyl (C=O) groups excluding carboxylic acids is 1. The van der Waals surface area contributed by atoms with E-state index in [0.717, 1.165) is 6.42 Å². The first kappa shape index (κ1) is 16.2. The number of hydrogen-bond acceptors (Lipinski definition) is 3. The van der Waals surface area contributed by atoms with Crippen molar-refractivity contribution < 1.29 is 18.3 Å². The smallest absolute Gasteiger partial charge is 0.261 e. The first-order valence-corrected chi connectivity index (χ1v) is 5.85. The molecule has 0 aromatic carbocycles. The van der Waals surface area contributed by atoms with Gasteiger partial charge in [-0.3, -0.25) is 4.79 Å². The van der Waals surface area contributed by atoms with Gasteiger partial charge in [0.15, 0.2) is 0 Å². The van der Waals surface area contributed by atoms with E-state index in [1.807, 2.05) is 0 Å². The molecule has 6 heteroatoms. The fraction of sp³-hybridized carbons (Fsp3) is 0.909. The molecule has 102 valence electrons. The van der Waals surface area contributed by atoms with E-state index in [9.17, 15) is 13.6 Å². The highest BCUT2D eigenvalue weighted by Gasteiger charge is 2.02.